The highest BCUT2D eigenvalue weighted by Gasteiger charge is 2.24. The molecule has 0 saturated heterocycles. The Morgan fingerprint density at radius 2 is 2.05 bits per heavy atom. The number of nitrogens with two attached hydrogens (primary N) is 1. The number of nitrogen functional groups attached to an aromatic ring is 1. The maximum Gasteiger partial charge on any atom is 0.259 e. The van der Waals surface area contributed by atoms with E-state index in [-0.39, 0.29) is 5.91 Å². The molecule has 2 aromatic rings. The van der Waals surface area contributed by atoms with Gasteiger partial charge in [0.15, 0.2) is 0 Å². The predicted octanol–water partition coefficient (Wildman–Crippen LogP) is 3.93. The van der Waals surface area contributed by atoms with Crippen molar-refractivity contribution in [3.8, 4) is 0 Å². The average Bonchev–Trinajstić information content (AvgIpc) is 2.45. The molecule has 3 rings (SSSR count). The lowest BCUT2D eigenvalue weighted by atomic mass is 10.00. The highest BCUT2D eigenvalue weighted by Crippen LogP contribution is 2.31. The van der Waals surface area contributed by atoms with Crippen LogP contribution < -0.4 is 10.6 Å². The van der Waals surface area contributed by atoms with Gasteiger partial charge in [0.2, 0.25) is 0 Å². The van der Waals surface area contributed by atoms with Gasteiger partial charge in [-0.15, -0.1) is 0 Å². The summed E-state index contributed by atoms with van der Waals surface area (Å²) in [5, 5.41) is 0. The fourth-order valence-corrected chi connectivity index (χ4v) is 3.43. The summed E-state index contributed by atoms with van der Waals surface area (Å²) in [5.41, 5.74) is 10.6. The molecule has 0 aromatic heterocycles. The third kappa shape index (κ3) is 2.68. The van der Waals surface area contributed by atoms with Crippen LogP contribution in [0.5, 0.6) is 0 Å². The van der Waals surface area contributed by atoms with Gasteiger partial charge in [-0.1, -0.05) is 6.07 Å². The molecule has 0 aliphatic carbocycles. The first-order valence-corrected chi connectivity index (χ1v) is 7.82. The van der Waals surface area contributed by atoms with E-state index in [0.29, 0.717) is 5.56 Å². The Kier molecular flexibility index (Phi) is 3.72. The molecule has 2 N–H and O–H groups in total. The van der Waals surface area contributed by atoms with Crippen molar-refractivity contribution in [3.63, 3.8) is 0 Å². The van der Waals surface area contributed by atoms with Crippen LogP contribution in [0.4, 0.5) is 11.4 Å². The minimum atomic E-state index is 0.0348. The molecule has 0 spiro atoms. The van der Waals surface area contributed by atoms with E-state index in [0.717, 1.165) is 46.4 Å². The number of hydrogen-bond donors (Lipinski definition) is 1. The van der Waals surface area contributed by atoms with E-state index < -0.39 is 0 Å². The van der Waals surface area contributed by atoms with Gasteiger partial charge in [-0.05, 0) is 77.2 Å². The Labute approximate surface area is 132 Å². The molecule has 0 fully saturated rings. The second kappa shape index (κ2) is 5.53. The quantitative estimate of drug-likeness (QED) is 0.796. The molecule has 2 aromatic carbocycles. The van der Waals surface area contributed by atoms with Crippen LogP contribution in [0.1, 0.15) is 27.9 Å². The highest BCUT2D eigenvalue weighted by molar-refractivity contribution is 9.10. The van der Waals surface area contributed by atoms with Gasteiger partial charge in [0, 0.05) is 22.4 Å². The van der Waals surface area contributed by atoms with E-state index >= 15 is 0 Å². The molecule has 1 heterocycles. The summed E-state index contributed by atoms with van der Waals surface area (Å²) in [4.78, 5) is 14.7. The van der Waals surface area contributed by atoms with E-state index in [2.05, 4.69) is 15.9 Å². The monoisotopic (exact) mass is 344 g/mol. The van der Waals surface area contributed by atoms with Crippen LogP contribution >= 0.6 is 15.9 Å². The molecule has 21 heavy (non-hydrogen) atoms. The van der Waals surface area contributed by atoms with Crippen LogP contribution in [0.2, 0.25) is 0 Å². The normalized spacial score (nSPS) is 13.9. The van der Waals surface area contributed by atoms with Crippen LogP contribution in [-0.4, -0.2) is 12.5 Å². The molecule has 1 aliphatic heterocycles. The molecule has 4 heteroatoms. The standard InChI is InChI=1S/C17H17BrN2O/c1-11-4-6-14(15(18)9-11)17(21)20-8-2-3-12-10-13(19)5-7-16(12)20/h4-7,9-10H,2-3,8,19H2,1H3. The summed E-state index contributed by atoms with van der Waals surface area (Å²) in [7, 11) is 0. The Bertz CT molecular complexity index is 712. The van der Waals surface area contributed by atoms with Gasteiger partial charge in [0.1, 0.15) is 0 Å². The van der Waals surface area contributed by atoms with Gasteiger partial charge in [0.25, 0.3) is 5.91 Å². The maximum absolute atomic E-state index is 12.8. The number of hydrogen-bond acceptors (Lipinski definition) is 2. The molecule has 0 saturated carbocycles. The topological polar surface area (TPSA) is 46.3 Å². The lowest BCUT2D eigenvalue weighted by Gasteiger charge is -2.30. The molecule has 108 valence electrons. The molecule has 0 unspecified atom stereocenters. The van der Waals surface area contributed by atoms with Gasteiger partial charge in [-0.3, -0.25) is 4.79 Å². The van der Waals surface area contributed by atoms with Crippen LogP contribution in [0, 0.1) is 6.92 Å². The molecule has 3 nitrogen and oxygen atoms in total. The minimum Gasteiger partial charge on any atom is -0.399 e. The van der Waals surface area contributed by atoms with Crippen molar-refractivity contribution in [1.29, 1.82) is 0 Å². The molecule has 1 aliphatic rings. The van der Waals surface area contributed by atoms with Gasteiger partial charge in [0.05, 0.1) is 5.56 Å². The number of anilines is 2. The zero-order chi connectivity index (χ0) is 15.0. The molecule has 0 bridgehead atoms. The molecule has 1 amide bonds. The number of rotatable bonds is 1. The number of halogens is 1. The number of carbonyl (C=O) groups excluding carboxylic acids is 1. The van der Waals surface area contributed by atoms with Crippen molar-refractivity contribution in [2.24, 2.45) is 0 Å². The van der Waals surface area contributed by atoms with Crippen LogP contribution in [0.3, 0.4) is 0 Å². The Balaban J connectivity index is 2.00. The van der Waals surface area contributed by atoms with Crippen LogP contribution in [0.15, 0.2) is 40.9 Å². The van der Waals surface area contributed by atoms with Crippen LogP contribution in [-0.2, 0) is 6.42 Å². The largest absolute Gasteiger partial charge is 0.399 e. The smallest absolute Gasteiger partial charge is 0.259 e. The summed E-state index contributed by atoms with van der Waals surface area (Å²) >= 11 is 3.50. The number of carbonyl (C=O) groups is 1. The van der Waals surface area contributed by atoms with Gasteiger partial charge >= 0.3 is 0 Å². The van der Waals surface area contributed by atoms with E-state index in [9.17, 15) is 4.79 Å². The number of aryl methyl sites for hydroxylation is 2. The zero-order valence-electron chi connectivity index (χ0n) is 11.9. The fraction of sp³-hybridized carbons (Fsp3) is 0.235. The van der Waals surface area contributed by atoms with Gasteiger partial charge in [-0.2, -0.15) is 0 Å². The SMILES string of the molecule is Cc1ccc(C(=O)N2CCCc3cc(N)ccc32)c(Br)c1. The number of fused-ring (bicyclic) bond motifs is 1. The Morgan fingerprint density at radius 3 is 2.81 bits per heavy atom. The van der Waals surface area contributed by atoms with Gasteiger partial charge < -0.3 is 10.6 Å². The Morgan fingerprint density at radius 1 is 1.24 bits per heavy atom. The second-order valence-electron chi connectivity index (χ2n) is 5.43. The molecular formula is C17H17BrN2O. The third-order valence-corrected chi connectivity index (χ3v) is 4.48. The second-order valence-corrected chi connectivity index (χ2v) is 6.29. The first-order valence-electron chi connectivity index (χ1n) is 7.02. The molecule has 0 atom stereocenters. The lowest BCUT2D eigenvalue weighted by molar-refractivity contribution is 0.0984. The lowest BCUT2D eigenvalue weighted by Crippen LogP contribution is -2.35. The summed E-state index contributed by atoms with van der Waals surface area (Å²) in [5.74, 6) is 0.0348. The number of benzene rings is 2. The van der Waals surface area contributed by atoms with Crippen molar-refractivity contribution in [1.82, 2.24) is 0 Å². The molecular weight excluding hydrogens is 328 g/mol. The average molecular weight is 345 g/mol. The highest BCUT2D eigenvalue weighted by atomic mass is 79.9. The number of amides is 1. The summed E-state index contributed by atoms with van der Waals surface area (Å²) in [6, 6.07) is 11.6. The fourth-order valence-electron chi connectivity index (χ4n) is 2.77. The molecule has 0 radical (unpaired) electrons. The zero-order valence-corrected chi connectivity index (χ0v) is 13.5. The summed E-state index contributed by atoms with van der Waals surface area (Å²) < 4.78 is 0.843. The van der Waals surface area contributed by atoms with Crippen molar-refractivity contribution >= 4 is 33.2 Å². The first-order chi connectivity index (χ1) is 10.1. The summed E-state index contributed by atoms with van der Waals surface area (Å²) in [6.07, 6.45) is 1.94. The van der Waals surface area contributed by atoms with E-state index in [1.165, 1.54) is 0 Å². The van der Waals surface area contributed by atoms with E-state index in [4.69, 9.17) is 5.73 Å². The van der Waals surface area contributed by atoms with E-state index in [1.807, 2.05) is 48.2 Å². The van der Waals surface area contributed by atoms with Crippen molar-refractivity contribution in [2.75, 3.05) is 17.2 Å². The minimum absolute atomic E-state index is 0.0348. The van der Waals surface area contributed by atoms with Crippen molar-refractivity contribution < 1.29 is 4.79 Å². The maximum atomic E-state index is 12.8. The Hall–Kier alpha value is -1.81. The van der Waals surface area contributed by atoms with Crippen molar-refractivity contribution in [2.45, 2.75) is 19.8 Å². The predicted molar refractivity (Wildman–Crippen MR) is 89.7 cm³/mol. The van der Waals surface area contributed by atoms with Crippen LogP contribution in [0.25, 0.3) is 0 Å². The first kappa shape index (κ1) is 14.1. The summed E-state index contributed by atoms with van der Waals surface area (Å²) in [6.45, 7) is 2.76. The number of nitrogens with zero attached hydrogens (tertiary/aromatic N) is 1. The third-order valence-electron chi connectivity index (χ3n) is 3.82. The van der Waals surface area contributed by atoms with E-state index in [1.54, 1.807) is 0 Å². The van der Waals surface area contributed by atoms with Gasteiger partial charge in [-0.25, -0.2) is 0 Å². The van der Waals surface area contributed by atoms with Crippen molar-refractivity contribution in [3.05, 3.63) is 57.6 Å².